The Hall–Kier alpha value is -1.30. The molecular formula is C10H19NO5. The molecule has 0 aromatic heterocycles. The first kappa shape index (κ1) is 14.7. The molecule has 6 nitrogen and oxygen atoms in total. The molecule has 0 spiro atoms. The van der Waals surface area contributed by atoms with Gasteiger partial charge in [0.1, 0.15) is 12.3 Å². The second-order valence-electron chi connectivity index (χ2n) is 4.43. The van der Waals surface area contributed by atoms with Crippen LogP contribution in [0.25, 0.3) is 0 Å². The largest absolute Gasteiger partial charge is 0.481 e. The number of hydrogen-bond acceptors (Lipinski definition) is 4. The van der Waals surface area contributed by atoms with Gasteiger partial charge in [-0.3, -0.25) is 10.1 Å². The Labute approximate surface area is 94.9 Å². The monoisotopic (exact) mass is 233 g/mol. The van der Waals surface area contributed by atoms with Crippen molar-refractivity contribution in [3.05, 3.63) is 0 Å². The van der Waals surface area contributed by atoms with Crippen molar-refractivity contribution in [1.82, 2.24) is 5.32 Å². The lowest BCUT2D eigenvalue weighted by Crippen LogP contribution is -2.34. The van der Waals surface area contributed by atoms with Crippen LogP contribution in [0.3, 0.4) is 0 Å². The first-order valence-corrected chi connectivity index (χ1v) is 5.00. The van der Waals surface area contributed by atoms with E-state index in [-0.39, 0.29) is 13.3 Å². The lowest BCUT2D eigenvalue weighted by atomic mass is 10.2. The first-order valence-electron chi connectivity index (χ1n) is 5.00. The van der Waals surface area contributed by atoms with Crippen LogP contribution in [0.2, 0.25) is 0 Å². The highest BCUT2D eigenvalue weighted by Crippen LogP contribution is 2.06. The number of carbonyl (C=O) groups is 2. The predicted octanol–water partition coefficient (Wildman–Crippen LogP) is 1.21. The maximum absolute atomic E-state index is 11.1. The van der Waals surface area contributed by atoms with Crippen molar-refractivity contribution in [2.24, 2.45) is 5.92 Å². The molecule has 1 unspecified atom stereocenters. The number of hydrogen-bond donors (Lipinski definition) is 2. The van der Waals surface area contributed by atoms with Crippen molar-refractivity contribution >= 4 is 12.1 Å². The summed E-state index contributed by atoms with van der Waals surface area (Å²) in [6.07, 6.45) is -0.588. The van der Waals surface area contributed by atoms with E-state index < -0.39 is 23.6 Å². The number of ether oxygens (including phenoxy) is 2. The van der Waals surface area contributed by atoms with Gasteiger partial charge in [0.2, 0.25) is 0 Å². The third kappa shape index (κ3) is 8.05. The second-order valence-corrected chi connectivity index (χ2v) is 4.43. The van der Waals surface area contributed by atoms with Gasteiger partial charge in [-0.2, -0.15) is 0 Å². The van der Waals surface area contributed by atoms with Crippen molar-refractivity contribution < 1.29 is 24.2 Å². The van der Waals surface area contributed by atoms with Crippen molar-refractivity contribution in [3.8, 4) is 0 Å². The van der Waals surface area contributed by atoms with Crippen LogP contribution in [-0.4, -0.2) is 36.1 Å². The zero-order valence-corrected chi connectivity index (χ0v) is 10.1. The van der Waals surface area contributed by atoms with E-state index in [1.165, 1.54) is 6.92 Å². The van der Waals surface area contributed by atoms with E-state index in [9.17, 15) is 9.59 Å². The van der Waals surface area contributed by atoms with Crippen molar-refractivity contribution in [1.29, 1.82) is 0 Å². The molecule has 94 valence electrons. The lowest BCUT2D eigenvalue weighted by molar-refractivity contribution is -0.143. The summed E-state index contributed by atoms with van der Waals surface area (Å²) in [5.41, 5.74) is -0.557. The summed E-state index contributed by atoms with van der Waals surface area (Å²) in [5.74, 6) is -1.53. The summed E-state index contributed by atoms with van der Waals surface area (Å²) < 4.78 is 9.89. The van der Waals surface area contributed by atoms with Gasteiger partial charge in [-0.05, 0) is 27.7 Å². The van der Waals surface area contributed by atoms with E-state index in [0.717, 1.165) is 0 Å². The molecule has 6 heteroatoms. The molecule has 0 radical (unpaired) electrons. The molecule has 0 aliphatic rings. The van der Waals surface area contributed by atoms with Gasteiger partial charge in [0.15, 0.2) is 0 Å². The standard InChI is InChI=1S/C10H19NO5/c1-7(8(12)13)5-15-6-11-9(14)16-10(2,3)4/h7H,5-6H2,1-4H3,(H,11,14)(H,12,13). The fraction of sp³-hybridized carbons (Fsp3) is 0.800. The van der Waals surface area contributed by atoms with E-state index in [2.05, 4.69) is 5.32 Å². The summed E-state index contributed by atoms with van der Waals surface area (Å²) in [6, 6.07) is 0. The Bertz CT molecular complexity index is 246. The van der Waals surface area contributed by atoms with E-state index in [1.807, 2.05) is 0 Å². The highest BCUT2D eigenvalue weighted by Gasteiger charge is 2.16. The van der Waals surface area contributed by atoms with E-state index in [1.54, 1.807) is 20.8 Å². The van der Waals surface area contributed by atoms with Crippen LogP contribution in [0.4, 0.5) is 4.79 Å². The molecule has 0 saturated carbocycles. The molecule has 0 heterocycles. The van der Waals surface area contributed by atoms with Crippen LogP contribution in [0.5, 0.6) is 0 Å². The van der Waals surface area contributed by atoms with Gasteiger partial charge in [-0.1, -0.05) is 0 Å². The van der Waals surface area contributed by atoms with Crippen molar-refractivity contribution in [3.63, 3.8) is 0 Å². The fourth-order valence-corrected chi connectivity index (χ4v) is 0.731. The average Bonchev–Trinajstić information content (AvgIpc) is 2.08. The number of carbonyl (C=O) groups excluding carboxylic acids is 1. The summed E-state index contributed by atoms with van der Waals surface area (Å²) in [4.78, 5) is 21.5. The quantitative estimate of drug-likeness (QED) is 0.550. The Kier molecular flexibility index (Phi) is 5.81. The minimum absolute atomic E-state index is 0.0468. The Morgan fingerprint density at radius 1 is 1.38 bits per heavy atom. The Balaban J connectivity index is 3.60. The van der Waals surface area contributed by atoms with Crippen LogP contribution in [-0.2, 0) is 14.3 Å². The maximum Gasteiger partial charge on any atom is 0.409 e. The van der Waals surface area contributed by atoms with Gasteiger partial charge in [-0.25, -0.2) is 4.79 Å². The summed E-state index contributed by atoms with van der Waals surface area (Å²) >= 11 is 0. The third-order valence-electron chi connectivity index (χ3n) is 1.51. The molecule has 2 N–H and O–H groups in total. The molecule has 0 fully saturated rings. The zero-order valence-electron chi connectivity index (χ0n) is 10.1. The van der Waals surface area contributed by atoms with Crippen LogP contribution in [0.1, 0.15) is 27.7 Å². The topological polar surface area (TPSA) is 84.9 Å². The van der Waals surface area contributed by atoms with Crippen LogP contribution < -0.4 is 5.32 Å². The number of rotatable bonds is 5. The molecule has 0 aromatic rings. The van der Waals surface area contributed by atoms with Gasteiger partial charge >= 0.3 is 12.1 Å². The van der Waals surface area contributed by atoms with Gasteiger partial charge in [0.05, 0.1) is 12.5 Å². The average molecular weight is 233 g/mol. The molecule has 1 amide bonds. The summed E-state index contributed by atoms with van der Waals surface area (Å²) in [5, 5.41) is 10.9. The number of amides is 1. The number of aliphatic carboxylic acids is 1. The molecule has 0 rings (SSSR count). The number of alkyl carbamates (subject to hydrolysis) is 1. The molecule has 0 bridgehead atoms. The molecule has 0 aliphatic heterocycles. The highest BCUT2D eigenvalue weighted by atomic mass is 16.6. The van der Waals surface area contributed by atoms with Crippen LogP contribution in [0.15, 0.2) is 0 Å². The number of carboxylic acid groups (broad SMARTS) is 1. The molecule has 0 aliphatic carbocycles. The smallest absolute Gasteiger partial charge is 0.409 e. The van der Waals surface area contributed by atoms with Crippen molar-refractivity contribution in [2.45, 2.75) is 33.3 Å². The molecule has 0 aromatic carbocycles. The molecule has 1 atom stereocenters. The third-order valence-corrected chi connectivity index (χ3v) is 1.51. The highest BCUT2D eigenvalue weighted by molar-refractivity contribution is 5.69. The fourth-order valence-electron chi connectivity index (χ4n) is 0.731. The summed E-state index contributed by atoms with van der Waals surface area (Å²) in [7, 11) is 0. The van der Waals surface area contributed by atoms with Gasteiger partial charge in [0, 0.05) is 0 Å². The Morgan fingerprint density at radius 2 is 1.94 bits per heavy atom. The first-order chi connectivity index (χ1) is 7.22. The van der Waals surface area contributed by atoms with Crippen LogP contribution >= 0.6 is 0 Å². The second kappa shape index (κ2) is 6.32. The minimum Gasteiger partial charge on any atom is -0.481 e. The van der Waals surface area contributed by atoms with E-state index in [0.29, 0.717) is 0 Å². The van der Waals surface area contributed by atoms with Gasteiger partial charge in [0.25, 0.3) is 0 Å². The van der Waals surface area contributed by atoms with Crippen LogP contribution in [0, 0.1) is 5.92 Å². The minimum atomic E-state index is -0.933. The Morgan fingerprint density at radius 3 is 2.38 bits per heavy atom. The molecule has 16 heavy (non-hydrogen) atoms. The zero-order chi connectivity index (χ0) is 12.8. The summed E-state index contributed by atoms with van der Waals surface area (Å²) in [6.45, 7) is 6.76. The normalized spacial score (nSPS) is 13.0. The van der Waals surface area contributed by atoms with E-state index >= 15 is 0 Å². The maximum atomic E-state index is 11.1. The van der Waals surface area contributed by atoms with Crippen molar-refractivity contribution in [2.75, 3.05) is 13.3 Å². The lowest BCUT2D eigenvalue weighted by Gasteiger charge is -2.19. The number of nitrogens with one attached hydrogen (secondary N) is 1. The molecule has 0 saturated heterocycles. The van der Waals surface area contributed by atoms with Gasteiger partial charge < -0.3 is 14.6 Å². The predicted molar refractivity (Wildman–Crippen MR) is 57.0 cm³/mol. The molecular weight excluding hydrogens is 214 g/mol. The van der Waals surface area contributed by atoms with Gasteiger partial charge in [-0.15, -0.1) is 0 Å². The number of carboxylic acids is 1. The SMILES string of the molecule is CC(COCNC(=O)OC(C)(C)C)C(=O)O. The van der Waals surface area contributed by atoms with E-state index in [4.69, 9.17) is 14.6 Å².